The number of piperazine rings is 2. The third kappa shape index (κ3) is 14.9. The van der Waals surface area contributed by atoms with Gasteiger partial charge in [0.2, 0.25) is 23.7 Å². The number of carbonyl (C=O) groups excluding carboxylic acids is 2. The number of hydrogen-bond donors (Lipinski definition) is 4. The van der Waals surface area contributed by atoms with Crippen molar-refractivity contribution in [3.8, 4) is 22.5 Å². The maximum atomic E-state index is 13.5. The van der Waals surface area contributed by atoms with Crippen LogP contribution in [0.25, 0.3) is 33.3 Å². The summed E-state index contributed by atoms with van der Waals surface area (Å²) in [6.07, 6.45) is 8.20. The van der Waals surface area contributed by atoms with Crippen molar-refractivity contribution in [3.05, 3.63) is 227 Å². The van der Waals surface area contributed by atoms with Crippen LogP contribution in [0, 0.1) is 5.82 Å². The monoisotopic (exact) mass is 1160 g/mol. The minimum absolute atomic E-state index is 0.0177. The lowest BCUT2D eigenvalue weighted by Crippen LogP contribution is -2.44. The molecule has 4 heterocycles. The van der Waals surface area contributed by atoms with E-state index in [1.807, 2.05) is 54.9 Å². The van der Waals surface area contributed by atoms with Crippen molar-refractivity contribution >= 4 is 45.9 Å². The fourth-order valence-corrected chi connectivity index (χ4v) is 12.6. The molecule has 2 unspecified atom stereocenters. The first-order valence-electron chi connectivity index (χ1n) is 30.8. The standard InChI is InChI=1S/C38H40N6O.C34H37FN6O/c1-43-19-21-44(22-20-43)18-6-17-39-38-40-26-31-25-35(33-9-4-5-10-34(33)37(31)42-38)29-13-15-32(16-14-29)41-36(45)24-27-11-12-28-7-2-3-8-30(28)23-27;1-40-16-18-41(19-17-40)15-5-14-36-34-37-23-26-22-31(29-8-2-3-9-30(29)33(26)39-34)25-10-12-28(13-11-25)38-32(42)21-24-6-4-7-27(35)20-24/h2-5,7-16,23,26,35H,6,17-22,24-25H2,1H3,(H,41,45)(H,39,40,42);2-4,6-13,20,23,31H,5,14-19,21-22H2,1H3,(H,38,42)(H,36,37,39). The van der Waals surface area contributed by atoms with Gasteiger partial charge in [-0.3, -0.25) is 9.59 Å². The lowest BCUT2D eigenvalue weighted by atomic mass is 9.78. The molecule has 14 nitrogen and oxygen atoms in total. The van der Waals surface area contributed by atoms with Crippen molar-refractivity contribution in [1.29, 1.82) is 0 Å². The van der Waals surface area contributed by atoms with E-state index < -0.39 is 0 Å². The van der Waals surface area contributed by atoms with Gasteiger partial charge in [0.05, 0.1) is 24.2 Å². The topological polar surface area (TPSA) is 147 Å². The van der Waals surface area contributed by atoms with Gasteiger partial charge in [-0.25, -0.2) is 24.3 Å². The summed E-state index contributed by atoms with van der Waals surface area (Å²) in [5.74, 6) is 1.21. The third-order valence-electron chi connectivity index (χ3n) is 17.4. The van der Waals surface area contributed by atoms with Crippen LogP contribution in [0.3, 0.4) is 0 Å². The molecular formula is C72H77FN12O2. The van der Waals surface area contributed by atoms with Crippen LogP contribution in [0.4, 0.5) is 27.7 Å². The largest absolute Gasteiger partial charge is 0.354 e. The van der Waals surface area contributed by atoms with Crippen LogP contribution >= 0.6 is 0 Å². The van der Waals surface area contributed by atoms with Crippen molar-refractivity contribution < 1.29 is 14.0 Å². The number of amides is 2. The summed E-state index contributed by atoms with van der Waals surface area (Å²) < 4.78 is 13.5. The van der Waals surface area contributed by atoms with Gasteiger partial charge in [-0.15, -0.1) is 0 Å². The fourth-order valence-electron chi connectivity index (χ4n) is 12.6. The molecule has 444 valence electrons. The van der Waals surface area contributed by atoms with Gasteiger partial charge >= 0.3 is 0 Å². The van der Waals surface area contributed by atoms with E-state index in [0.717, 1.165) is 155 Å². The number of rotatable bonds is 18. The summed E-state index contributed by atoms with van der Waals surface area (Å²) >= 11 is 0. The Morgan fingerprint density at radius 2 is 0.954 bits per heavy atom. The summed E-state index contributed by atoms with van der Waals surface area (Å²) in [7, 11) is 4.38. The Labute approximate surface area is 510 Å². The van der Waals surface area contributed by atoms with E-state index in [1.165, 1.54) is 45.3 Å². The SMILES string of the molecule is CN1CCN(CCCNc2ncc3c(n2)-c2ccccc2C(c2ccc(NC(=O)Cc4ccc5ccccc5c4)cc2)C3)CC1.CN1CCN(CCCNc2ncc3c(n2)-c2ccccc2C(c2ccc(NC(=O)Cc4cccc(F)c4)cc2)C3)CC1. The van der Waals surface area contributed by atoms with Gasteiger partial charge in [-0.1, -0.05) is 127 Å². The van der Waals surface area contributed by atoms with Crippen molar-refractivity contribution in [2.24, 2.45) is 0 Å². The Morgan fingerprint density at radius 3 is 1.45 bits per heavy atom. The Bertz CT molecular complexity index is 3830. The minimum Gasteiger partial charge on any atom is -0.354 e. The number of fused-ring (bicyclic) bond motifs is 7. The maximum Gasteiger partial charge on any atom is 0.228 e. The number of hydrogen-bond acceptors (Lipinski definition) is 12. The fraction of sp³-hybridized carbons (Fsp3) is 0.306. The molecule has 9 aromatic rings. The molecule has 0 bridgehead atoms. The molecule has 4 N–H and O–H groups in total. The number of halogens is 1. The normalized spacial score (nSPS) is 16.7. The molecule has 0 saturated carbocycles. The van der Waals surface area contributed by atoms with Crippen LogP contribution in [0.5, 0.6) is 0 Å². The highest BCUT2D eigenvalue weighted by Gasteiger charge is 2.30. The Morgan fingerprint density at radius 1 is 0.494 bits per heavy atom. The summed E-state index contributed by atoms with van der Waals surface area (Å²) in [6, 6.07) is 53.9. The Kier molecular flexibility index (Phi) is 18.7. The third-order valence-corrected chi connectivity index (χ3v) is 17.4. The quantitative estimate of drug-likeness (QED) is 0.0607. The van der Waals surface area contributed by atoms with Crippen LogP contribution in [0.15, 0.2) is 176 Å². The zero-order chi connectivity index (χ0) is 59.5. The number of benzene rings is 7. The van der Waals surface area contributed by atoms with Gasteiger partial charge < -0.3 is 40.9 Å². The minimum atomic E-state index is -0.339. The van der Waals surface area contributed by atoms with E-state index in [2.05, 4.69) is 157 Å². The van der Waals surface area contributed by atoms with Gasteiger partial charge in [-0.2, -0.15) is 0 Å². The Balaban J connectivity index is 0.000000170. The molecule has 0 spiro atoms. The molecule has 7 aromatic carbocycles. The van der Waals surface area contributed by atoms with E-state index in [9.17, 15) is 14.0 Å². The number of carbonyl (C=O) groups is 2. The van der Waals surface area contributed by atoms with Gasteiger partial charge in [0.1, 0.15) is 5.82 Å². The zero-order valence-corrected chi connectivity index (χ0v) is 49.9. The van der Waals surface area contributed by atoms with Crippen molar-refractivity contribution in [2.45, 2.75) is 50.4 Å². The lowest BCUT2D eigenvalue weighted by molar-refractivity contribution is -0.116. The molecule has 2 aromatic heterocycles. The highest BCUT2D eigenvalue weighted by atomic mass is 19.1. The van der Waals surface area contributed by atoms with E-state index in [1.54, 1.807) is 12.1 Å². The van der Waals surface area contributed by atoms with Gasteiger partial charge in [0.15, 0.2) is 0 Å². The molecule has 2 aliphatic heterocycles. The molecule has 87 heavy (non-hydrogen) atoms. The van der Waals surface area contributed by atoms with Crippen molar-refractivity contribution in [2.75, 3.05) is 114 Å². The van der Waals surface area contributed by atoms with E-state index >= 15 is 0 Å². The highest BCUT2D eigenvalue weighted by molar-refractivity contribution is 5.94. The first kappa shape index (κ1) is 58.6. The summed E-state index contributed by atoms with van der Waals surface area (Å²) in [5.41, 5.74) is 14.7. The average Bonchev–Trinajstić information content (AvgIpc) is 1.39. The van der Waals surface area contributed by atoms with Crippen molar-refractivity contribution in [3.63, 3.8) is 0 Å². The molecule has 2 aliphatic carbocycles. The summed E-state index contributed by atoms with van der Waals surface area (Å²) in [5, 5.41) is 15.3. The molecule has 2 saturated heterocycles. The Hall–Kier alpha value is -8.73. The number of likely N-dealkylation sites (N-methyl/N-ethyl adjacent to an activating group) is 2. The second kappa shape index (κ2) is 27.8. The van der Waals surface area contributed by atoms with Crippen LogP contribution in [0.1, 0.15) is 69.2 Å². The van der Waals surface area contributed by atoms with Gasteiger partial charge in [-0.05, 0) is 145 Å². The molecule has 0 radical (unpaired) electrons. The number of aromatic nitrogens is 4. The molecule has 4 aliphatic rings. The summed E-state index contributed by atoms with van der Waals surface area (Å²) in [6.45, 7) is 13.0. The van der Waals surface area contributed by atoms with E-state index in [-0.39, 0.29) is 35.9 Å². The predicted octanol–water partition coefficient (Wildman–Crippen LogP) is 11.4. The predicted molar refractivity (Wildman–Crippen MR) is 348 cm³/mol. The zero-order valence-electron chi connectivity index (χ0n) is 49.9. The second-order valence-electron chi connectivity index (χ2n) is 23.7. The lowest BCUT2D eigenvalue weighted by Gasteiger charge is -2.32. The van der Waals surface area contributed by atoms with Gasteiger partial charge in [0.25, 0.3) is 0 Å². The van der Waals surface area contributed by atoms with Crippen molar-refractivity contribution in [1.82, 2.24) is 39.5 Å². The number of nitrogens with one attached hydrogen (secondary N) is 4. The van der Waals surface area contributed by atoms with E-state index in [4.69, 9.17) is 15.0 Å². The molecular weight excluding hydrogens is 1080 g/mol. The molecule has 2 fully saturated rings. The average molecular weight is 1160 g/mol. The first-order chi connectivity index (χ1) is 42.6. The molecule has 13 rings (SSSR count). The van der Waals surface area contributed by atoms with Gasteiger partial charge in [0, 0.05) is 112 Å². The van der Waals surface area contributed by atoms with Crippen LogP contribution in [-0.2, 0) is 35.3 Å². The molecule has 15 heteroatoms. The first-order valence-corrected chi connectivity index (χ1v) is 30.8. The number of nitrogens with zero attached hydrogens (tertiary/aromatic N) is 8. The van der Waals surface area contributed by atoms with E-state index in [0.29, 0.717) is 23.9 Å². The second-order valence-corrected chi connectivity index (χ2v) is 23.7. The molecule has 2 amide bonds. The van der Waals surface area contributed by atoms with Crippen LogP contribution < -0.4 is 21.3 Å². The van der Waals surface area contributed by atoms with Crippen LogP contribution in [0.2, 0.25) is 0 Å². The maximum absolute atomic E-state index is 13.5. The van der Waals surface area contributed by atoms with Crippen LogP contribution in [-0.4, -0.2) is 144 Å². The summed E-state index contributed by atoms with van der Waals surface area (Å²) in [4.78, 5) is 54.5. The number of anilines is 4. The molecule has 2 atom stereocenters. The smallest absolute Gasteiger partial charge is 0.228 e. The highest BCUT2D eigenvalue weighted by Crippen LogP contribution is 2.44.